The first-order valence-corrected chi connectivity index (χ1v) is 11.1. The van der Waals surface area contributed by atoms with Crippen LogP contribution in [-0.2, 0) is 4.74 Å². The molecule has 0 saturated carbocycles. The van der Waals surface area contributed by atoms with Gasteiger partial charge in [-0.2, -0.15) is 0 Å². The van der Waals surface area contributed by atoms with Gasteiger partial charge in [-0.15, -0.1) is 10.2 Å². The predicted molar refractivity (Wildman–Crippen MR) is 130 cm³/mol. The number of nitrogens with zero attached hydrogens (tertiary/aromatic N) is 4. The Morgan fingerprint density at radius 2 is 1.76 bits per heavy atom. The maximum absolute atomic E-state index is 12.7. The van der Waals surface area contributed by atoms with Crippen LogP contribution in [0.15, 0.2) is 24.3 Å². The molecule has 0 saturated heterocycles. The van der Waals surface area contributed by atoms with Crippen molar-refractivity contribution >= 4 is 41.1 Å². The molecule has 2 aromatic rings. The van der Waals surface area contributed by atoms with Crippen LogP contribution in [0.4, 0.5) is 22.2 Å². The fraction of sp³-hybridized carbons (Fsp3) is 0.500. The van der Waals surface area contributed by atoms with Gasteiger partial charge >= 0.3 is 6.09 Å². The van der Waals surface area contributed by atoms with Crippen molar-refractivity contribution in [2.45, 2.75) is 45.6 Å². The number of pyridine rings is 1. The monoisotopic (exact) mass is 477 g/mol. The van der Waals surface area contributed by atoms with Crippen molar-refractivity contribution < 1.29 is 14.3 Å². The number of carbonyl (C=O) groups is 2. The second-order valence-electron chi connectivity index (χ2n) is 8.57. The molecule has 2 rings (SSSR count). The Labute approximate surface area is 199 Å². The lowest BCUT2D eigenvalue weighted by Gasteiger charge is -2.19. The Kier molecular flexibility index (Phi) is 9.65. The highest BCUT2D eigenvalue weighted by atomic mass is 35.5. The number of halogens is 1. The van der Waals surface area contributed by atoms with Gasteiger partial charge in [-0.05, 0) is 64.3 Å². The van der Waals surface area contributed by atoms with E-state index in [1.165, 1.54) is 0 Å². The second-order valence-corrected chi connectivity index (χ2v) is 8.96. The van der Waals surface area contributed by atoms with Gasteiger partial charge in [0.15, 0.2) is 11.6 Å². The Bertz CT molecular complexity index is 931. The zero-order chi connectivity index (χ0) is 24.4. The molecule has 180 valence electrons. The number of nitrogens with one attached hydrogen (secondary N) is 3. The first-order chi connectivity index (χ1) is 15.5. The molecule has 0 unspecified atom stereocenters. The van der Waals surface area contributed by atoms with Crippen LogP contribution in [0, 0.1) is 0 Å². The van der Waals surface area contributed by atoms with Crippen LogP contribution in [-0.4, -0.2) is 60.0 Å². The lowest BCUT2D eigenvalue weighted by molar-refractivity contribution is 0.0527. The van der Waals surface area contributed by atoms with Gasteiger partial charge in [-0.1, -0.05) is 11.6 Å². The van der Waals surface area contributed by atoms with Crippen molar-refractivity contribution in [1.29, 1.82) is 0 Å². The first kappa shape index (κ1) is 26.1. The third-order valence-corrected chi connectivity index (χ3v) is 4.48. The molecule has 0 aliphatic heterocycles. The lowest BCUT2D eigenvalue weighted by atomic mass is 10.2. The van der Waals surface area contributed by atoms with Gasteiger partial charge in [0.1, 0.15) is 16.6 Å². The van der Waals surface area contributed by atoms with Crippen LogP contribution in [0.25, 0.3) is 0 Å². The van der Waals surface area contributed by atoms with E-state index in [0.29, 0.717) is 36.1 Å². The summed E-state index contributed by atoms with van der Waals surface area (Å²) in [6.45, 7) is 6.60. The summed E-state index contributed by atoms with van der Waals surface area (Å²) in [6, 6.07) is 6.62. The summed E-state index contributed by atoms with van der Waals surface area (Å²) in [4.78, 5) is 30.4. The summed E-state index contributed by atoms with van der Waals surface area (Å²) < 4.78 is 5.20. The number of hydrogen-bond acceptors (Lipinski definition) is 8. The number of amides is 2. The number of unbranched alkanes of at least 4 members (excludes halogenated alkanes) is 2. The number of ether oxygens (including phenoxy) is 1. The van der Waals surface area contributed by atoms with E-state index in [2.05, 4.69) is 31.1 Å². The highest BCUT2D eigenvalue weighted by molar-refractivity contribution is 6.29. The number of alkyl carbamates (subject to hydrolysis) is 1. The van der Waals surface area contributed by atoms with E-state index in [0.717, 1.165) is 19.3 Å². The fourth-order valence-corrected chi connectivity index (χ4v) is 2.85. The molecule has 11 heteroatoms. The minimum absolute atomic E-state index is 0.283. The molecule has 2 amide bonds. The van der Waals surface area contributed by atoms with E-state index in [1.54, 1.807) is 24.3 Å². The molecule has 0 fully saturated rings. The third kappa shape index (κ3) is 9.48. The quantitative estimate of drug-likeness (QED) is 0.347. The lowest BCUT2D eigenvalue weighted by Crippen LogP contribution is -2.33. The minimum atomic E-state index is -0.510. The first-order valence-electron chi connectivity index (χ1n) is 10.7. The van der Waals surface area contributed by atoms with Crippen molar-refractivity contribution in [2.24, 2.45) is 0 Å². The number of aromatic nitrogens is 3. The van der Waals surface area contributed by atoms with Crippen LogP contribution in [0.3, 0.4) is 0 Å². The summed E-state index contributed by atoms with van der Waals surface area (Å²) in [5.41, 5.74) is -0.158. The van der Waals surface area contributed by atoms with Crippen molar-refractivity contribution in [3.8, 4) is 0 Å². The highest BCUT2D eigenvalue weighted by Crippen LogP contribution is 2.19. The van der Waals surface area contributed by atoms with E-state index in [1.807, 2.05) is 39.8 Å². The molecular weight excluding hydrogens is 446 g/mol. The van der Waals surface area contributed by atoms with Gasteiger partial charge in [-0.25, -0.2) is 9.78 Å². The molecule has 2 aromatic heterocycles. The van der Waals surface area contributed by atoms with Gasteiger partial charge in [-0.3, -0.25) is 4.79 Å². The number of anilines is 3. The van der Waals surface area contributed by atoms with Crippen molar-refractivity contribution in [3.63, 3.8) is 0 Å². The van der Waals surface area contributed by atoms with Crippen LogP contribution >= 0.6 is 11.6 Å². The normalized spacial score (nSPS) is 11.0. The highest BCUT2D eigenvalue weighted by Gasteiger charge is 2.16. The Hall–Kier alpha value is -3.14. The summed E-state index contributed by atoms with van der Waals surface area (Å²) >= 11 is 6.02. The fourth-order valence-electron chi connectivity index (χ4n) is 2.71. The van der Waals surface area contributed by atoms with Gasteiger partial charge in [0.25, 0.3) is 5.91 Å². The average Bonchev–Trinajstić information content (AvgIpc) is 2.72. The minimum Gasteiger partial charge on any atom is -0.444 e. The smallest absolute Gasteiger partial charge is 0.407 e. The zero-order valence-corrected chi connectivity index (χ0v) is 20.5. The largest absolute Gasteiger partial charge is 0.444 e. The van der Waals surface area contributed by atoms with Gasteiger partial charge in [0, 0.05) is 27.2 Å². The molecular formula is C22H32ClN7O3. The molecule has 2 heterocycles. The summed E-state index contributed by atoms with van der Waals surface area (Å²) in [5, 5.41) is 17.0. The summed E-state index contributed by atoms with van der Waals surface area (Å²) in [7, 11) is 3.72. The molecule has 0 spiro atoms. The van der Waals surface area contributed by atoms with Crippen molar-refractivity contribution in [1.82, 2.24) is 20.5 Å². The van der Waals surface area contributed by atoms with Gasteiger partial charge in [0.2, 0.25) is 0 Å². The topological polar surface area (TPSA) is 121 Å². The Balaban J connectivity index is 1.82. The van der Waals surface area contributed by atoms with E-state index in [-0.39, 0.29) is 11.1 Å². The van der Waals surface area contributed by atoms with Crippen molar-refractivity contribution in [2.75, 3.05) is 42.7 Å². The molecule has 33 heavy (non-hydrogen) atoms. The number of hydrogen-bond donors (Lipinski definition) is 3. The van der Waals surface area contributed by atoms with Gasteiger partial charge in [0.05, 0.1) is 5.56 Å². The molecule has 0 aromatic carbocycles. The van der Waals surface area contributed by atoms with Gasteiger partial charge < -0.3 is 25.6 Å². The van der Waals surface area contributed by atoms with Crippen LogP contribution in [0.1, 0.15) is 50.4 Å². The Morgan fingerprint density at radius 1 is 1.03 bits per heavy atom. The number of rotatable bonds is 10. The summed E-state index contributed by atoms with van der Waals surface area (Å²) in [5.74, 6) is 1.05. The van der Waals surface area contributed by atoms with Crippen LogP contribution in [0.5, 0.6) is 0 Å². The third-order valence-electron chi connectivity index (χ3n) is 4.27. The summed E-state index contributed by atoms with van der Waals surface area (Å²) in [6.07, 6.45) is 2.08. The maximum Gasteiger partial charge on any atom is 0.407 e. The predicted octanol–water partition coefficient (Wildman–Crippen LogP) is 3.95. The van der Waals surface area contributed by atoms with Crippen molar-refractivity contribution in [3.05, 3.63) is 35.0 Å². The standard InChI is InChI=1S/C22H32ClN7O3/c1-22(2,3)33-21(32)25-14-8-6-7-13-24-19-15(9-10-16(23)26-19)20(31)27-17-11-12-18(29-28-17)30(4)5/h9-12H,6-8,13-14H2,1-5H3,(H,24,26)(H,25,32)(H,27,28,31). The molecule has 0 atom stereocenters. The Morgan fingerprint density at radius 3 is 2.39 bits per heavy atom. The molecule has 10 nitrogen and oxygen atoms in total. The van der Waals surface area contributed by atoms with E-state index in [4.69, 9.17) is 16.3 Å². The van der Waals surface area contributed by atoms with Crippen LogP contribution < -0.4 is 20.9 Å². The van der Waals surface area contributed by atoms with Crippen LogP contribution in [0.2, 0.25) is 5.15 Å². The van der Waals surface area contributed by atoms with E-state index < -0.39 is 11.7 Å². The average molecular weight is 478 g/mol. The SMILES string of the molecule is CN(C)c1ccc(NC(=O)c2ccc(Cl)nc2NCCCCCNC(=O)OC(C)(C)C)nn1. The van der Waals surface area contributed by atoms with E-state index in [9.17, 15) is 9.59 Å². The zero-order valence-electron chi connectivity index (χ0n) is 19.7. The maximum atomic E-state index is 12.7. The molecule has 0 aliphatic carbocycles. The second kappa shape index (κ2) is 12.2. The molecule has 0 bridgehead atoms. The van der Waals surface area contributed by atoms with E-state index >= 15 is 0 Å². The molecule has 0 aliphatic rings. The number of carbonyl (C=O) groups excluding carboxylic acids is 2. The molecule has 0 radical (unpaired) electrons. The molecule has 3 N–H and O–H groups in total.